The number of ether oxygens (including phenoxy) is 2. The number of thiophene rings is 1. The van der Waals surface area contributed by atoms with Gasteiger partial charge in [-0.05, 0) is 23.6 Å². The number of oxime groups is 1. The Morgan fingerprint density at radius 2 is 2.13 bits per heavy atom. The maximum Gasteiger partial charge on any atom is 0.265 e. The Morgan fingerprint density at radius 3 is 2.78 bits per heavy atom. The number of anilines is 1. The van der Waals surface area contributed by atoms with E-state index < -0.39 is 0 Å². The smallest absolute Gasteiger partial charge is 0.265 e. The molecule has 3 N–H and O–H groups in total. The molecule has 0 radical (unpaired) electrons. The highest BCUT2D eigenvalue weighted by Gasteiger charge is 2.09. The molecule has 0 aliphatic carbocycles. The van der Waals surface area contributed by atoms with Crippen molar-refractivity contribution in [3.05, 3.63) is 40.6 Å². The van der Waals surface area contributed by atoms with Gasteiger partial charge in [0.05, 0.1) is 19.9 Å². The molecule has 0 spiro atoms. The molecule has 0 saturated carbocycles. The molecule has 1 amide bonds. The lowest BCUT2D eigenvalue weighted by molar-refractivity contribution is -0.120. The zero-order chi connectivity index (χ0) is 16.7. The SMILES string of the molecule is COc1ccc(NC(=O)CO/N=C(\N)c2ccsc2)c(OC)c1. The van der Waals surface area contributed by atoms with Crippen LogP contribution in [0.2, 0.25) is 0 Å². The largest absolute Gasteiger partial charge is 0.497 e. The van der Waals surface area contributed by atoms with Crippen LogP contribution in [0.15, 0.2) is 40.2 Å². The molecule has 0 aliphatic rings. The van der Waals surface area contributed by atoms with Crippen LogP contribution in [-0.2, 0) is 9.63 Å². The number of hydrogen-bond donors (Lipinski definition) is 2. The second-order valence-electron chi connectivity index (χ2n) is 4.38. The van der Waals surface area contributed by atoms with Crippen molar-refractivity contribution < 1.29 is 19.1 Å². The van der Waals surface area contributed by atoms with Gasteiger partial charge in [-0.1, -0.05) is 5.16 Å². The highest BCUT2D eigenvalue weighted by atomic mass is 32.1. The van der Waals surface area contributed by atoms with E-state index in [2.05, 4.69) is 10.5 Å². The van der Waals surface area contributed by atoms with Gasteiger partial charge in [-0.3, -0.25) is 4.79 Å². The van der Waals surface area contributed by atoms with E-state index in [1.165, 1.54) is 18.4 Å². The minimum atomic E-state index is -0.379. The second kappa shape index (κ2) is 8.04. The quantitative estimate of drug-likeness (QED) is 0.459. The van der Waals surface area contributed by atoms with Crippen molar-refractivity contribution in [3.63, 3.8) is 0 Å². The van der Waals surface area contributed by atoms with Gasteiger partial charge >= 0.3 is 0 Å². The topological polar surface area (TPSA) is 95.2 Å². The van der Waals surface area contributed by atoms with Crippen LogP contribution in [0.4, 0.5) is 5.69 Å². The summed E-state index contributed by atoms with van der Waals surface area (Å²) in [4.78, 5) is 16.8. The van der Waals surface area contributed by atoms with E-state index >= 15 is 0 Å². The fourth-order valence-corrected chi connectivity index (χ4v) is 2.36. The number of amidine groups is 1. The van der Waals surface area contributed by atoms with E-state index in [1.54, 1.807) is 25.3 Å². The predicted molar refractivity (Wildman–Crippen MR) is 89.2 cm³/mol. The molecule has 8 heteroatoms. The summed E-state index contributed by atoms with van der Waals surface area (Å²) in [5.74, 6) is 0.958. The molecule has 1 heterocycles. The van der Waals surface area contributed by atoms with E-state index in [-0.39, 0.29) is 18.3 Å². The monoisotopic (exact) mass is 335 g/mol. The van der Waals surface area contributed by atoms with Crippen LogP contribution in [0, 0.1) is 0 Å². The van der Waals surface area contributed by atoms with Gasteiger partial charge < -0.3 is 25.4 Å². The molecular weight excluding hydrogens is 318 g/mol. The normalized spacial score (nSPS) is 11.0. The summed E-state index contributed by atoms with van der Waals surface area (Å²) in [6, 6.07) is 6.88. The van der Waals surface area contributed by atoms with Crippen LogP contribution >= 0.6 is 11.3 Å². The number of nitrogens with one attached hydrogen (secondary N) is 1. The Bertz CT molecular complexity index is 686. The van der Waals surface area contributed by atoms with Crippen molar-refractivity contribution in [2.45, 2.75) is 0 Å². The number of hydrogen-bond acceptors (Lipinski definition) is 6. The minimum absolute atomic E-state index is 0.223. The van der Waals surface area contributed by atoms with Gasteiger partial charge in [0.25, 0.3) is 5.91 Å². The molecule has 0 unspecified atom stereocenters. The van der Waals surface area contributed by atoms with E-state index in [0.29, 0.717) is 17.2 Å². The summed E-state index contributed by atoms with van der Waals surface area (Å²) in [6.45, 7) is -0.264. The van der Waals surface area contributed by atoms with E-state index in [0.717, 1.165) is 5.56 Å². The Hall–Kier alpha value is -2.74. The summed E-state index contributed by atoms with van der Waals surface area (Å²) in [6.07, 6.45) is 0. The number of nitrogens with zero attached hydrogens (tertiary/aromatic N) is 1. The molecule has 0 aliphatic heterocycles. The number of rotatable bonds is 7. The maximum absolute atomic E-state index is 11.9. The van der Waals surface area contributed by atoms with Crippen molar-refractivity contribution in [2.75, 3.05) is 26.1 Å². The summed E-state index contributed by atoms with van der Waals surface area (Å²) >= 11 is 1.50. The molecule has 7 nitrogen and oxygen atoms in total. The van der Waals surface area contributed by atoms with Gasteiger partial charge in [0.1, 0.15) is 11.5 Å². The summed E-state index contributed by atoms with van der Waals surface area (Å²) in [7, 11) is 3.06. The van der Waals surface area contributed by atoms with Crippen molar-refractivity contribution in [1.29, 1.82) is 0 Å². The fourth-order valence-electron chi connectivity index (χ4n) is 1.71. The van der Waals surface area contributed by atoms with Crippen LogP contribution in [-0.4, -0.2) is 32.6 Å². The van der Waals surface area contributed by atoms with E-state index in [9.17, 15) is 4.79 Å². The first-order valence-corrected chi connectivity index (χ1v) is 7.58. The van der Waals surface area contributed by atoms with Gasteiger partial charge in [0, 0.05) is 17.0 Å². The van der Waals surface area contributed by atoms with Crippen LogP contribution < -0.4 is 20.5 Å². The van der Waals surface area contributed by atoms with E-state index in [1.807, 2.05) is 16.8 Å². The lowest BCUT2D eigenvalue weighted by atomic mass is 10.2. The Morgan fingerprint density at radius 1 is 1.30 bits per heavy atom. The van der Waals surface area contributed by atoms with Gasteiger partial charge in [-0.15, -0.1) is 0 Å². The third-order valence-electron chi connectivity index (χ3n) is 2.86. The molecule has 122 valence electrons. The maximum atomic E-state index is 11.9. The van der Waals surface area contributed by atoms with E-state index in [4.69, 9.17) is 20.0 Å². The molecule has 1 aromatic heterocycles. The molecule has 23 heavy (non-hydrogen) atoms. The molecule has 0 atom stereocenters. The summed E-state index contributed by atoms with van der Waals surface area (Å²) in [5, 5.41) is 10.1. The van der Waals surface area contributed by atoms with Gasteiger partial charge in [-0.25, -0.2) is 0 Å². The zero-order valence-corrected chi connectivity index (χ0v) is 13.6. The van der Waals surface area contributed by atoms with Crippen molar-refractivity contribution >= 4 is 28.8 Å². The molecule has 0 fully saturated rings. The fraction of sp³-hybridized carbons (Fsp3) is 0.200. The molecule has 2 rings (SSSR count). The Balaban J connectivity index is 1.91. The number of nitrogens with two attached hydrogens (primary N) is 1. The van der Waals surface area contributed by atoms with Crippen LogP contribution in [0.3, 0.4) is 0 Å². The Labute approximate surface area is 137 Å². The molecule has 0 bridgehead atoms. The lowest BCUT2D eigenvalue weighted by Crippen LogP contribution is -2.19. The van der Waals surface area contributed by atoms with Crippen LogP contribution in [0.5, 0.6) is 11.5 Å². The second-order valence-corrected chi connectivity index (χ2v) is 5.16. The summed E-state index contributed by atoms with van der Waals surface area (Å²) in [5.41, 5.74) is 6.99. The first kappa shape index (κ1) is 16.6. The average Bonchev–Trinajstić information content (AvgIpc) is 3.09. The van der Waals surface area contributed by atoms with Crippen molar-refractivity contribution in [1.82, 2.24) is 0 Å². The average molecular weight is 335 g/mol. The highest BCUT2D eigenvalue weighted by molar-refractivity contribution is 7.08. The molecule has 1 aromatic carbocycles. The van der Waals surface area contributed by atoms with Gasteiger partial charge in [0.15, 0.2) is 12.4 Å². The Kier molecular flexibility index (Phi) is 5.81. The number of carbonyl (C=O) groups is 1. The lowest BCUT2D eigenvalue weighted by Gasteiger charge is -2.11. The third kappa shape index (κ3) is 4.62. The minimum Gasteiger partial charge on any atom is -0.497 e. The molecular formula is C15H17N3O4S. The van der Waals surface area contributed by atoms with Crippen LogP contribution in [0.25, 0.3) is 0 Å². The first-order valence-electron chi connectivity index (χ1n) is 6.64. The number of carbonyl (C=O) groups excluding carboxylic acids is 1. The number of methoxy groups -OCH3 is 2. The van der Waals surface area contributed by atoms with Crippen molar-refractivity contribution in [3.8, 4) is 11.5 Å². The highest BCUT2D eigenvalue weighted by Crippen LogP contribution is 2.28. The number of amides is 1. The first-order chi connectivity index (χ1) is 11.1. The zero-order valence-electron chi connectivity index (χ0n) is 12.7. The van der Waals surface area contributed by atoms with Gasteiger partial charge in [-0.2, -0.15) is 11.3 Å². The third-order valence-corrected chi connectivity index (χ3v) is 3.54. The molecule has 0 saturated heterocycles. The van der Waals surface area contributed by atoms with Gasteiger partial charge in [0.2, 0.25) is 0 Å². The molecule has 2 aromatic rings. The van der Waals surface area contributed by atoms with Crippen LogP contribution in [0.1, 0.15) is 5.56 Å². The number of benzene rings is 1. The summed E-state index contributed by atoms with van der Waals surface area (Å²) < 4.78 is 10.3. The predicted octanol–water partition coefficient (Wildman–Crippen LogP) is 2.04. The standard InChI is InChI=1S/C15H17N3O4S/c1-20-11-3-4-12(13(7-11)21-2)17-14(19)8-22-18-15(16)10-5-6-23-9-10/h3-7,9H,8H2,1-2H3,(H2,16,18)(H,17,19). The van der Waals surface area contributed by atoms with Crippen molar-refractivity contribution in [2.24, 2.45) is 10.9 Å².